The molecule has 2 aromatic rings. The second-order valence-corrected chi connectivity index (χ2v) is 4.37. The molecule has 0 saturated heterocycles. The number of rotatable bonds is 5. The second-order valence-electron chi connectivity index (χ2n) is 4.37. The molecule has 0 aliphatic heterocycles. The van der Waals surface area contributed by atoms with Gasteiger partial charge in [0.25, 0.3) is 0 Å². The lowest BCUT2D eigenvalue weighted by atomic mass is 10.2. The number of para-hydroxylation sites is 1. The molecule has 0 unspecified atom stereocenters. The lowest BCUT2D eigenvalue weighted by Gasteiger charge is -2.07. The van der Waals surface area contributed by atoms with Gasteiger partial charge in [0, 0.05) is 25.4 Å². The molecule has 106 valence electrons. The van der Waals surface area contributed by atoms with Crippen LogP contribution in [0, 0.1) is 15.9 Å². The average molecular weight is 278 g/mol. The van der Waals surface area contributed by atoms with Crippen LogP contribution in [0.25, 0.3) is 0 Å². The summed E-state index contributed by atoms with van der Waals surface area (Å²) in [7, 11) is 1.81. The molecule has 0 saturated carbocycles. The van der Waals surface area contributed by atoms with E-state index in [1.807, 2.05) is 20.2 Å². The van der Waals surface area contributed by atoms with Crippen molar-refractivity contribution in [1.29, 1.82) is 0 Å². The van der Waals surface area contributed by atoms with Crippen LogP contribution in [0.5, 0.6) is 0 Å². The molecule has 0 fully saturated rings. The van der Waals surface area contributed by atoms with Gasteiger partial charge >= 0.3 is 5.69 Å². The first-order valence-corrected chi connectivity index (χ1v) is 6.21. The first-order valence-electron chi connectivity index (χ1n) is 6.21. The van der Waals surface area contributed by atoms with Crippen molar-refractivity contribution in [1.82, 2.24) is 9.78 Å². The zero-order valence-corrected chi connectivity index (χ0v) is 11.3. The van der Waals surface area contributed by atoms with E-state index in [2.05, 4.69) is 10.4 Å². The molecule has 7 heteroatoms. The number of nitro benzene ring substituents is 1. The van der Waals surface area contributed by atoms with Crippen molar-refractivity contribution in [3.05, 3.63) is 51.6 Å². The topological polar surface area (TPSA) is 73.0 Å². The average Bonchev–Trinajstić information content (AvgIpc) is 2.76. The van der Waals surface area contributed by atoms with Crippen LogP contribution in [-0.4, -0.2) is 14.7 Å². The molecule has 0 amide bonds. The van der Waals surface area contributed by atoms with Crippen molar-refractivity contribution in [3.8, 4) is 0 Å². The highest BCUT2D eigenvalue weighted by Crippen LogP contribution is 2.27. The van der Waals surface area contributed by atoms with Crippen molar-refractivity contribution in [2.24, 2.45) is 7.05 Å². The minimum Gasteiger partial charge on any atom is -0.375 e. The van der Waals surface area contributed by atoms with Crippen LogP contribution < -0.4 is 5.32 Å². The normalized spacial score (nSPS) is 10.6. The molecule has 0 spiro atoms. The molecule has 1 heterocycles. The number of nitro groups is 1. The monoisotopic (exact) mass is 278 g/mol. The van der Waals surface area contributed by atoms with Crippen molar-refractivity contribution in [2.45, 2.75) is 19.9 Å². The third-order valence-electron chi connectivity index (χ3n) is 2.97. The van der Waals surface area contributed by atoms with Crippen molar-refractivity contribution in [3.63, 3.8) is 0 Å². The van der Waals surface area contributed by atoms with Crippen LogP contribution >= 0.6 is 0 Å². The summed E-state index contributed by atoms with van der Waals surface area (Å²) in [6.45, 7) is 2.35. The Kier molecular flexibility index (Phi) is 3.97. The Bertz CT molecular complexity index is 639. The van der Waals surface area contributed by atoms with Gasteiger partial charge in [-0.25, -0.2) is 0 Å². The molecule has 0 aliphatic rings. The summed E-state index contributed by atoms with van der Waals surface area (Å²) in [6, 6.07) is 4.00. The van der Waals surface area contributed by atoms with Gasteiger partial charge in [-0.15, -0.1) is 0 Å². The summed E-state index contributed by atoms with van der Waals surface area (Å²) < 4.78 is 15.2. The molecule has 1 N–H and O–H groups in total. The molecule has 2 rings (SSSR count). The minimum absolute atomic E-state index is 0.168. The fraction of sp³-hybridized carbons (Fsp3) is 0.308. The lowest BCUT2D eigenvalue weighted by Crippen LogP contribution is -2.05. The summed E-state index contributed by atoms with van der Waals surface area (Å²) in [5, 5.41) is 18.1. The predicted octanol–water partition coefficient (Wildman–Crippen LogP) is 2.64. The fourth-order valence-corrected chi connectivity index (χ4v) is 2.06. The SMILES string of the molecule is CCc1nn(C)cc1CNc1cccc(F)c1[N+](=O)[O-]. The molecule has 20 heavy (non-hydrogen) atoms. The van der Waals surface area contributed by atoms with Crippen LogP contribution in [0.3, 0.4) is 0 Å². The third kappa shape index (κ3) is 2.76. The smallest absolute Gasteiger partial charge is 0.327 e. The zero-order valence-electron chi connectivity index (χ0n) is 11.3. The molecule has 0 atom stereocenters. The predicted molar refractivity (Wildman–Crippen MR) is 73.0 cm³/mol. The third-order valence-corrected chi connectivity index (χ3v) is 2.97. The van der Waals surface area contributed by atoms with Gasteiger partial charge in [0.1, 0.15) is 5.69 Å². The van der Waals surface area contributed by atoms with Crippen molar-refractivity contribution < 1.29 is 9.31 Å². The summed E-state index contributed by atoms with van der Waals surface area (Å²) in [4.78, 5) is 10.2. The van der Waals surface area contributed by atoms with Crippen LogP contribution in [-0.2, 0) is 20.0 Å². The van der Waals surface area contributed by atoms with Gasteiger partial charge < -0.3 is 5.32 Å². The van der Waals surface area contributed by atoms with Crippen LogP contribution in [0.4, 0.5) is 15.8 Å². The van der Waals surface area contributed by atoms with E-state index in [0.29, 0.717) is 6.54 Å². The number of nitrogens with zero attached hydrogens (tertiary/aromatic N) is 3. The Balaban J connectivity index is 2.23. The van der Waals surface area contributed by atoms with Gasteiger partial charge in [0.2, 0.25) is 5.82 Å². The molecular weight excluding hydrogens is 263 g/mol. The Morgan fingerprint density at radius 1 is 1.50 bits per heavy atom. The van der Waals surface area contributed by atoms with E-state index >= 15 is 0 Å². The Hall–Kier alpha value is -2.44. The summed E-state index contributed by atoms with van der Waals surface area (Å²) in [5.74, 6) is -0.845. The lowest BCUT2D eigenvalue weighted by molar-refractivity contribution is -0.386. The summed E-state index contributed by atoms with van der Waals surface area (Å²) in [6.07, 6.45) is 2.61. The Morgan fingerprint density at radius 2 is 2.25 bits per heavy atom. The van der Waals surface area contributed by atoms with Crippen LogP contribution in [0.15, 0.2) is 24.4 Å². The number of anilines is 1. The van der Waals surface area contributed by atoms with Gasteiger partial charge in [0.15, 0.2) is 0 Å². The molecule has 0 bridgehead atoms. The molecule has 1 aromatic carbocycles. The summed E-state index contributed by atoms with van der Waals surface area (Å²) in [5.41, 5.74) is 1.49. The molecule has 0 aliphatic carbocycles. The zero-order chi connectivity index (χ0) is 14.7. The first kappa shape index (κ1) is 14.0. The number of aryl methyl sites for hydroxylation is 2. The maximum atomic E-state index is 13.5. The molecule has 1 aromatic heterocycles. The Labute approximate surface area is 115 Å². The molecule has 6 nitrogen and oxygen atoms in total. The second kappa shape index (κ2) is 5.68. The molecule has 0 radical (unpaired) electrons. The van der Waals surface area contributed by atoms with Gasteiger partial charge in [-0.2, -0.15) is 9.49 Å². The van der Waals surface area contributed by atoms with E-state index in [4.69, 9.17) is 0 Å². The number of nitrogens with one attached hydrogen (secondary N) is 1. The number of halogens is 1. The largest absolute Gasteiger partial charge is 0.375 e. The Morgan fingerprint density at radius 3 is 2.90 bits per heavy atom. The highest BCUT2D eigenvalue weighted by atomic mass is 19.1. The first-order chi connectivity index (χ1) is 9.52. The molecular formula is C13H15FN4O2. The number of hydrogen-bond donors (Lipinski definition) is 1. The number of hydrogen-bond acceptors (Lipinski definition) is 4. The van der Waals surface area contributed by atoms with Crippen LogP contribution in [0.1, 0.15) is 18.2 Å². The number of aromatic nitrogens is 2. The number of benzene rings is 1. The van der Waals surface area contributed by atoms with Crippen molar-refractivity contribution >= 4 is 11.4 Å². The standard InChI is InChI=1S/C13H15FN4O2/c1-3-11-9(8-17(2)16-11)7-15-12-6-4-5-10(14)13(12)18(19)20/h4-6,8,15H,3,7H2,1-2H3. The van der Waals surface area contributed by atoms with E-state index in [1.54, 1.807) is 4.68 Å². The highest BCUT2D eigenvalue weighted by molar-refractivity contribution is 5.62. The van der Waals surface area contributed by atoms with Crippen LogP contribution in [0.2, 0.25) is 0 Å². The van der Waals surface area contributed by atoms with Gasteiger partial charge in [-0.1, -0.05) is 13.0 Å². The minimum atomic E-state index is -0.845. The fourth-order valence-electron chi connectivity index (χ4n) is 2.06. The van der Waals surface area contributed by atoms with Gasteiger partial charge in [0.05, 0.1) is 10.6 Å². The van der Waals surface area contributed by atoms with E-state index < -0.39 is 16.4 Å². The van der Waals surface area contributed by atoms with E-state index in [9.17, 15) is 14.5 Å². The maximum Gasteiger partial charge on any atom is 0.327 e. The highest BCUT2D eigenvalue weighted by Gasteiger charge is 2.19. The van der Waals surface area contributed by atoms with Gasteiger partial charge in [-0.3, -0.25) is 14.8 Å². The van der Waals surface area contributed by atoms with Gasteiger partial charge in [-0.05, 0) is 18.6 Å². The summed E-state index contributed by atoms with van der Waals surface area (Å²) >= 11 is 0. The maximum absolute atomic E-state index is 13.5. The van der Waals surface area contributed by atoms with Crippen molar-refractivity contribution in [2.75, 3.05) is 5.32 Å². The van der Waals surface area contributed by atoms with E-state index in [1.165, 1.54) is 12.1 Å². The quantitative estimate of drug-likeness (QED) is 0.674. The van der Waals surface area contributed by atoms with E-state index in [0.717, 1.165) is 23.7 Å². The van der Waals surface area contributed by atoms with E-state index in [-0.39, 0.29) is 5.69 Å².